The highest BCUT2D eigenvalue weighted by molar-refractivity contribution is 7.07. The molecule has 0 spiro atoms. The second kappa shape index (κ2) is 10.1. The third-order valence-electron chi connectivity index (χ3n) is 6.82. The normalized spacial score (nSPS) is 19.2. The number of carbonyl (C=O) groups is 2. The number of carboxylic acids is 1. The highest BCUT2D eigenvalue weighted by Crippen LogP contribution is 2.33. The number of amides is 1. The first-order chi connectivity index (χ1) is 16.3. The van der Waals surface area contributed by atoms with Gasteiger partial charge in [-0.15, -0.1) is 16.4 Å². The molecule has 1 amide bonds. The summed E-state index contributed by atoms with van der Waals surface area (Å²) in [6.07, 6.45) is 5.22. The molecule has 1 unspecified atom stereocenters. The van der Waals surface area contributed by atoms with E-state index in [-0.39, 0.29) is 35.2 Å². The minimum atomic E-state index is -1.09. The van der Waals surface area contributed by atoms with E-state index in [2.05, 4.69) is 23.9 Å². The average Bonchev–Trinajstić information content (AvgIpc) is 3.50. The number of aromatic carboxylic acids is 1. The van der Waals surface area contributed by atoms with Crippen LogP contribution in [0.3, 0.4) is 0 Å². The zero-order chi connectivity index (χ0) is 24.4. The molecule has 2 aromatic heterocycles. The van der Waals surface area contributed by atoms with Gasteiger partial charge in [-0.3, -0.25) is 9.69 Å². The number of thiazole rings is 1. The summed E-state index contributed by atoms with van der Waals surface area (Å²) in [5, 5.41) is 16.6. The Kier molecular flexibility index (Phi) is 7.16. The largest absolute Gasteiger partial charge is 0.477 e. The van der Waals surface area contributed by atoms with E-state index in [9.17, 15) is 14.7 Å². The number of hydrogen-bond acceptors (Lipinski definition) is 5. The molecule has 0 saturated heterocycles. The molecule has 1 N–H and O–H groups in total. The van der Waals surface area contributed by atoms with Crippen LogP contribution in [0.5, 0.6) is 0 Å². The summed E-state index contributed by atoms with van der Waals surface area (Å²) in [7, 11) is 0. The first-order valence-electron chi connectivity index (χ1n) is 11.9. The Morgan fingerprint density at radius 2 is 1.79 bits per heavy atom. The fourth-order valence-electron chi connectivity index (χ4n) is 4.66. The van der Waals surface area contributed by atoms with Crippen LogP contribution in [0.15, 0.2) is 41.4 Å². The summed E-state index contributed by atoms with van der Waals surface area (Å²) in [4.78, 5) is 31.6. The van der Waals surface area contributed by atoms with Crippen LogP contribution < -0.4 is 4.90 Å². The van der Waals surface area contributed by atoms with Gasteiger partial charge < -0.3 is 5.11 Å². The third-order valence-corrected chi connectivity index (χ3v) is 7.43. The maximum atomic E-state index is 13.5. The van der Waals surface area contributed by atoms with E-state index >= 15 is 0 Å². The molecule has 0 aliphatic heterocycles. The lowest BCUT2D eigenvalue weighted by Crippen LogP contribution is -2.43. The number of nitrogens with zero attached hydrogens (tertiary/aromatic N) is 4. The molecule has 3 aromatic rings. The number of carbonyl (C=O) groups excluding carboxylic acids is 1. The van der Waals surface area contributed by atoms with Crippen molar-refractivity contribution < 1.29 is 14.7 Å². The van der Waals surface area contributed by atoms with Gasteiger partial charge in [0, 0.05) is 29.5 Å². The molecular weight excluding hydrogens is 448 g/mol. The Balaban J connectivity index is 1.64. The second-order valence-electron chi connectivity index (χ2n) is 9.60. The number of hydrogen-bond donors (Lipinski definition) is 1. The first-order valence-corrected chi connectivity index (χ1v) is 12.8. The lowest BCUT2D eigenvalue weighted by molar-refractivity contribution is -0.123. The predicted octanol–water partition coefficient (Wildman–Crippen LogP) is 5.75. The number of benzene rings is 1. The van der Waals surface area contributed by atoms with Crippen LogP contribution >= 0.6 is 11.3 Å². The fourth-order valence-corrected chi connectivity index (χ4v) is 5.30. The highest BCUT2D eigenvalue weighted by atomic mass is 32.1. The third kappa shape index (κ3) is 4.92. The monoisotopic (exact) mass is 480 g/mol. The predicted molar refractivity (Wildman–Crippen MR) is 134 cm³/mol. The lowest BCUT2D eigenvalue weighted by Gasteiger charge is -2.32. The number of anilines is 1. The molecule has 0 bridgehead atoms. The summed E-state index contributed by atoms with van der Waals surface area (Å²) in [6, 6.07) is 7.66. The smallest absolute Gasteiger partial charge is 0.341 e. The molecule has 34 heavy (non-hydrogen) atoms. The molecule has 0 radical (unpaired) electrons. The first kappa shape index (κ1) is 24.1. The molecule has 1 aliphatic carbocycles. The van der Waals surface area contributed by atoms with E-state index < -0.39 is 5.97 Å². The van der Waals surface area contributed by atoms with Crippen molar-refractivity contribution in [1.29, 1.82) is 0 Å². The molecule has 1 aliphatic rings. The Morgan fingerprint density at radius 1 is 1.12 bits per heavy atom. The SMILES string of the molecule is CC1CCC(C(=O)N(c2nn(-c3ccc(C(C)c4cscn4)cc3)cc2C(=O)O)C(C)C)CC1. The van der Waals surface area contributed by atoms with Crippen LogP contribution in [0.1, 0.15) is 80.9 Å². The van der Waals surface area contributed by atoms with Gasteiger partial charge in [0.15, 0.2) is 5.82 Å². The molecule has 1 atom stereocenters. The lowest BCUT2D eigenvalue weighted by atomic mass is 9.82. The van der Waals surface area contributed by atoms with Crippen molar-refractivity contribution in [3.63, 3.8) is 0 Å². The van der Waals surface area contributed by atoms with Crippen LogP contribution in [0.4, 0.5) is 5.82 Å². The standard InChI is InChI=1S/C26H32N4O3S/c1-16(2)30(25(31)20-7-5-17(3)6-8-20)24-22(26(32)33)13-29(28-24)21-11-9-19(10-12-21)18(4)23-14-34-15-27-23/h9-18,20H,5-8H2,1-4H3,(H,32,33). The molecule has 2 heterocycles. The Morgan fingerprint density at radius 3 is 2.35 bits per heavy atom. The van der Waals surface area contributed by atoms with Crippen LogP contribution in [0, 0.1) is 11.8 Å². The van der Waals surface area contributed by atoms with Crippen molar-refractivity contribution in [2.24, 2.45) is 11.8 Å². The van der Waals surface area contributed by atoms with Crippen molar-refractivity contribution in [3.05, 3.63) is 58.2 Å². The minimum Gasteiger partial charge on any atom is -0.477 e. The van der Waals surface area contributed by atoms with Gasteiger partial charge in [-0.25, -0.2) is 14.5 Å². The van der Waals surface area contributed by atoms with Gasteiger partial charge in [0.05, 0.1) is 16.9 Å². The topological polar surface area (TPSA) is 88.3 Å². The highest BCUT2D eigenvalue weighted by Gasteiger charge is 2.34. The van der Waals surface area contributed by atoms with Gasteiger partial charge in [0.25, 0.3) is 0 Å². The molecule has 180 valence electrons. The van der Waals surface area contributed by atoms with E-state index in [0.29, 0.717) is 5.92 Å². The van der Waals surface area contributed by atoms with Gasteiger partial charge >= 0.3 is 5.97 Å². The zero-order valence-corrected chi connectivity index (χ0v) is 21.0. The van der Waals surface area contributed by atoms with Gasteiger partial charge in [-0.05, 0) is 63.1 Å². The maximum Gasteiger partial charge on any atom is 0.341 e. The molecule has 1 aromatic carbocycles. The van der Waals surface area contributed by atoms with E-state index in [0.717, 1.165) is 42.6 Å². The Hall–Kier alpha value is -3.00. The van der Waals surface area contributed by atoms with Crippen LogP contribution in [0.25, 0.3) is 5.69 Å². The number of rotatable bonds is 7. The van der Waals surface area contributed by atoms with Crippen molar-refractivity contribution >= 4 is 29.0 Å². The number of aromatic nitrogens is 3. The van der Waals surface area contributed by atoms with Crippen LogP contribution in [-0.4, -0.2) is 37.8 Å². The van der Waals surface area contributed by atoms with E-state index in [1.165, 1.54) is 6.20 Å². The second-order valence-corrected chi connectivity index (χ2v) is 10.3. The van der Waals surface area contributed by atoms with Crippen molar-refractivity contribution in [2.75, 3.05) is 4.90 Å². The van der Waals surface area contributed by atoms with Crippen LogP contribution in [0.2, 0.25) is 0 Å². The van der Waals surface area contributed by atoms with Gasteiger partial charge in [0.2, 0.25) is 5.91 Å². The maximum absolute atomic E-state index is 13.5. The average molecular weight is 481 g/mol. The van der Waals surface area contributed by atoms with Crippen molar-refractivity contribution in [3.8, 4) is 5.69 Å². The van der Waals surface area contributed by atoms with Crippen molar-refractivity contribution in [1.82, 2.24) is 14.8 Å². The molecule has 1 fully saturated rings. The fraction of sp³-hybridized carbons (Fsp3) is 0.462. The van der Waals surface area contributed by atoms with Crippen LogP contribution in [-0.2, 0) is 4.79 Å². The zero-order valence-electron chi connectivity index (χ0n) is 20.1. The minimum absolute atomic E-state index is 0.0258. The summed E-state index contributed by atoms with van der Waals surface area (Å²) in [6.45, 7) is 8.13. The number of carboxylic acid groups (broad SMARTS) is 1. The summed E-state index contributed by atoms with van der Waals surface area (Å²) in [5.41, 5.74) is 4.74. The van der Waals surface area contributed by atoms with E-state index in [1.54, 1.807) is 20.9 Å². The van der Waals surface area contributed by atoms with Gasteiger partial charge in [-0.2, -0.15) is 0 Å². The Bertz CT molecular complexity index is 1130. The summed E-state index contributed by atoms with van der Waals surface area (Å²) < 4.78 is 1.56. The summed E-state index contributed by atoms with van der Waals surface area (Å²) in [5.74, 6) is -0.197. The van der Waals surface area contributed by atoms with Gasteiger partial charge in [0.1, 0.15) is 5.56 Å². The quantitative estimate of drug-likeness (QED) is 0.465. The summed E-state index contributed by atoms with van der Waals surface area (Å²) >= 11 is 1.57. The molecule has 7 nitrogen and oxygen atoms in total. The molecule has 8 heteroatoms. The van der Waals surface area contributed by atoms with E-state index in [1.807, 2.05) is 49.0 Å². The molecule has 4 rings (SSSR count). The molecule has 1 saturated carbocycles. The van der Waals surface area contributed by atoms with Gasteiger partial charge in [-0.1, -0.05) is 26.0 Å². The van der Waals surface area contributed by atoms with Crippen molar-refractivity contribution in [2.45, 2.75) is 65.3 Å². The Labute approximate surface area is 204 Å². The molecular formula is C26H32N4O3S. The van der Waals surface area contributed by atoms with E-state index in [4.69, 9.17) is 0 Å².